The van der Waals surface area contributed by atoms with E-state index in [-0.39, 0.29) is 1830 Å². The Kier molecular flexibility index (Phi) is 10200. The topological polar surface area (TPSA) is 0 Å². The summed E-state index contributed by atoms with van der Waals surface area (Å²) in [5.41, 5.74) is 0. The molecule has 0 aromatic carbocycles. The van der Waals surface area contributed by atoms with Crippen LogP contribution in [0.25, 0.3) is 0 Å². The van der Waals surface area contributed by atoms with E-state index in [9.17, 15) is 0 Å². The fraction of sp³-hybridized carbons (Fsp3) is 0. The second-order valence-corrected chi connectivity index (χ2v) is 0. The van der Waals surface area contributed by atoms with Crippen molar-refractivity contribution in [3.8, 4) is 0 Å². The Morgan fingerprint density at radius 1 is 0.0353 bits per heavy atom. The van der Waals surface area contributed by atoms with Crippen LogP contribution in [0.3, 0.4) is 0 Å². The minimum Gasteiger partial charge on any atom is -1.00 e. The predicted octanol–water partition coefficient (Wildman–Crippen LogP) is -101. The summed E-state index contributed by atoms with van der Waals surface area (Å²) in [7, 11) is 0. The van der Waals surface area contributed by atoms with E-state index in [0.717, 1.165) is 0 Å². The van der Waals surface area contributed by atoms with Gasteiger partial charge in [0.2, 0.25) is 0 Å². The van der Waals surface area contributed by atoms with Crippen LogP contribution in [0.1, 0.15) is 0 Å². The molecule has 0 fully saturated rings. The van der Waals surface area contributed by atoms with E-state index in [4.69, 9.17) is 0 Å². The van der Waals surface area contributed by atoms with Crippen LogP contribution < -0.4 is 1280 Å². The van der Waals surface area contributed by atoms with Crippen LogP contribution in [-0.2, 0) is 0 Å². The molecule has 0 aliphatic heterocycles. The van der Waals surface area contributed by atoms with Gasteiger partial charge in [-0.1, -0.05) is 0 Å². The zero-order chi connectivity index (χ0) is 0. The van der Waals surface area contributed by atoms with Gasteiger partial charge in [-0.05, 0) is 0 Å². The fourth-order valence-electron chi connectivity index (χ4n) is 0. The monoisotopic (exact) mass is 3100 g/mol. The van der Waals surface area contributed by atoms with Crippen molar-refractivity contribution in [2.45, 2.75) is 0 Å². The molecule has 0 bridgehead atoms. The van der Waals surface area contributed by atoms with Gasteiger partial charge in [-0.3, -0.25) is 0 Å². The van der Waals surface area contributed by atoms with Gasteiger partial charge >= 0.3 is 1030 Å². The Balaban J connectivity index is 0. The minimum atomic E-state index is 0. The number of hydrogen-bond acceptors (Lipinski definition) is 0. The van der Waals surface area contributed by atoms with Gasteiger partial charge in [0.15, 0.2) is 0 Å². The van der Waals surface area contributed by atoms with E-state index in [2.05, 4.69) is 0 Å². The van der Waals surface area contributed by atoms with Gasteiger partial charge in [0.1, 0.15) is 0 Å². The first-order chi connectivity index (χ1) is 0. The van der Waals surface area contributed by atoms with Gasteiger partial charge in [0.05, 0.1) is 0 Å². The van der Waals surface area contributed by atoms with Crippen LogP contribution in [0, 0.1) is 0 Å². The van der Waals surface area contributed by atoms with Crippen molar-refractivity contribution in [2.75, 3.05) is 0 Å². The van der Waals surface area contributed by atoms with Crippen LogP contribution in [0.15, 0.2) is 0 Å². The van der Waals surface area contributed by atoms with Crippen LogP contribution in [-0.4, -0.2) is 0 Å². The molecule has 0 spiro atoms. The summed E-state index contributed by atoms with van der Waals surface area (Å²) in [6, 6.07) is 0. The Bertz CT molecular complexity index is 66.9. The van der Waals surface area contributed by atoms with E-state index in [1.807, 2.05) is 0 Å². The minimum absolute atomic E-state index is 0. The molecular weight excluding hydrogens is 3090 g/mol. The summed E-state index contributed by atoms with van der Waals surface area (Å²) < 4.78 is 0. The first kappa shape index (κ1) is 944. The van der Waals surface area contributed by atoms with Gasteiger partial charge in [-0.15, -0.1) is 558 Å². The van der Waals surface area contributed by atoms with E-state index < -0.39 is 0 Å². The third-order valence-corrected chi connectivity index (χ3v) is 0. The maximum atomic E-state index is 0. The molecule has 85 heavy (non-hydrogen) atoms. The van der Waals surface area contributed by atoms with Crippen LogP contribution in [0.5, 0.6) is 0 Å². The molecule has 0 unspecified atom stereocenters. The maximum absolute atomic E-state index is 0. The average molecular weight is 3130 g/mol. The number of rotatable bonds is 0. The molecule has 0 saturated carbocycles. The molecule has 0 rings (SSSR count). The fourth-order valence-corrected chi connectivity index (χ4v) is 0. The molecule has 520 valence electrons. The molecule has 0 saturated heterocycles. The predicted molar refractivity (Wildman–Crippen MR) is 326 cm³/mol. The van der Waals surface area contributed by atoms with Crippen molar-refractivity contribution >= 4 is 558 Å². The Morgan fingerprint density at radius 2 is 0.0353 bits per heavy atom. The molecule has 0 aliphatic carbocycles. The van der Waals surface area contributed by atoms with E-state index in [0.29, 0.717) is 0 Å². The summed E-state index contributed by atoms with van der Waals surface area (Å²) in [6.07, 6.45) is 0. The molecule has 0 N–H and O–H groups in total. The van der Waals surface area contributed by atoms with Crippen molar-refractivity contribution in [2.24, 2.45) is 0 Å². The zero-order valence-corrected chi connectivity index (χ0v) is 160. The van der Waals surface area contributed by atoms with Gasteiger partial charge < -0.3 is 248 Å². The van der Waals surface area contributed by atoms with Crippen molar-refractivity contribution in [3.63, 3.8) is 0 Å². The van der Waals surface area contributed by atoms with Crippen LogP contribution in [0.4, 0.5) is 0 Å². The zero-order valence-electron chi connectivity index (χ0n) is 45.9. The quantitative estimate of drug-likeness (QED) is 0.212. The summed E-state index contributed by atoms with van der Waals surface area (Å²) in [5, 5.41) is 0. The van der Waals surface area contributed by atoms with Crippen molar-refractivity contribution in [1.29, 1.82) is 0 Å². The molecule has 85 heteroatoms. The molecular formula is H45Cl65K20. The second kappa shape index (κ2) is 923. The molecule has 0 aromatic heterocycles. The van der Waals surface area contributed by atoms with Crippen LogP contribution in [0.2, 0.25) is 0 Å². The normalized spacial score (nSPS) is 0. The summed E-state index contributed by atoms with van der Waals surface area (Å²) in [4.78, 5) is 0. The molecule has 0 heterocycles. The summed E-state index contributed by atoms with van der Waals surface area (Å²) >= 11 is 0. The van der Waals surface area contributed by atoms with Crippen LogP contribution >= 0.6 is 558 Å². The smallest absolute Gasteiger partial charge is 1.00 e. The third-order valence-electron chi connectivity index (χ3n) is 0. The van der Waals surface area contributed by atoms with Gasteiger partial charge in [-0.2, -0.15) is 0 Å². The van der Waals surface area contributed by atoms with Crippen molar-refractivity contribution in [3.05, 3.63) is 0 Å². The summed E-state index contributed by atoms with van der Waals surface area (Å²) in [5.74, 6) is 0. The molecule has 0 aliphatic rings. The first-order valence-electron chi connectivity index (χ1n) is 0. The van der Waals surface area contributed by atoms with Crippen molar-refractivity contribution in [1.82, 2.24) is 0 Å². The largest absolute Gasteiger partial charge is 1.00 e. The second-order valence-electron chi connectivity index (χ2n) is 0. The SMILES string of the molecule is Cl.Cl.Cl.Cl.Cl.Cl.Cl.Cl.Cl.Cl.Cl.Cl.Cl.Cl.Cl.Cl.Cl.Cl.Cl.Cl.Cl.Cl.Cl.Cl.Cl.Cl.Cl.Cl.Cl.Cl.Cl.Cl.Cl.Cl.Cl.Cl.Cl.Cl.Cl.Cl.Cl.Cl.Cl.Cl.Cl.[Cl-].[Cl-].[Cl-].[Cl-].[Cl-].[Cl-].[Cl-].[Cl-].[Cl-].[Cl-].[Cl-].[Cl-].[Cl-].[Cl-].[Cl-].[Cl-].[Cl-].[Cl-].[Cl-].[Cl-].[K+].[K+].[K+].[K+].[K+].[K+].[K+].[K+].[K+].[K+].[K+].[K+].[K+].[K+].[K+].[K+].[K+].[K+].[K+].[K+]. The van der Waals surface area contributed by atoms with E-state index in [1.54, 1.807) is 0 Å². The Labute approximate surface area is 1770 Å². The molecule has 0 atom stereocenters. The number of halogens is 65. The maximum Gasteiger partial charge on any atom is 1.00 e. The first-order valence-corrected chi connectivity index (χ1v) is 0. The standard InChI is InChI=1S/65ClH.20K/h65*1H;;;;;;;;;;;;;;;;;;;;/q;;;;;;;;;;;;;;;;;;;;;;;;;;;;;;;;;;;;;;;;;;;;;;;;;;;;;;;;;;;;;;;;;20*+1/p-20. The Hall–Kier alpha value is 51.6. The molecule has 0 amide bonds. The number of hydrogen-bond donors (Lipinski definition) is 0. The van der Waals surface area contributed by atoms with E-state index in [1.165, 1.54) is 0 Å². The van der Waals surface area contributed by atoms with Gasteiger partial charge in [0.25, 0.3) is 0 Å². The van der Waals surface area contributed by atoms with Gasteiger partial charge in [-0.25, -0.2) is 0 Å². The molecule has 0 nitrogen and oxygen atoms in total. The third kappa shape index (κ3) is 909. The van der Waals surface area contributed by atoms with Crippen molar-refractivity contribution < 1.29 is 1280 Å². The Morgan fingerprint density at radius 3 is 0.0353 bits per heavy atom. The molecule has 0 radical (unpaired) electrons. The average Bonchev–Trinajstić information content (AvgIpc) is 0. The van der Waals surface area contributed by atoms with Gasteiger partial charge in [0, 0.05) is 0 Å². The molecule has 0 aromatic rings. The van der Waals surface area contributed by atoms with E-state index >= 15 is 0 Å². The summed E-state index contributed by atoms with van der Waals surface area (Å²) in [6.45, 7) is 0.